The summed E-state index contributed by atoms with van der Waals surface area (Å²) in [5.74, 6) is 2.52. The molecule has 3 heterocycles. The molecule has 1 unspecified atom stereocenters. The lowest BCUT2D eigenvalue weighted by atomic mass is 9.98. The lowest BCUT2D eigenvalue weighted by Crippen LogP contribution is -2.46. The summed E-state index contributed by atoms with van der Waals surface area (Å²) in [5.41, 5.74) is 6.90. The molecule has 3 aromatic carbocycles. The minimum absolute atomic E-state index is 0.136. The van der Waals surface area contributed by atoms with Crippen molar-refractivity contribution in [2.24, 2.45) is 10.9 Å². The molecule has 8 nitrogen and oxygen atoms in total. The van der Waals surface area contributed by atoms with Crippen molar-refractivity contribution in [3.05, 3.63) is 96.3 Å². The van der Waals surface area contributed by atoms with Gasteiger partial charge < -0.3 is 14.7 Å². The summed E-state index contributed by atoms with van der Waals surface area (Å²) in [7, 11) is 0. The number of aliphatic imine (C=N–C) groups is 1. The van der Waals surface area contributed by atoms with Gasteiger partial charge in [-0.05, 0) is 59.2 Å². The normalized spacial score (nSPS) is 18.5. The number of aromatic amines is 1. The van der Waals surface area contributed by atoms with E-state index in [1.807, 2.05) is 18.2 Å². The molecule has 0 amide bonds. The van der Waals surface area contributed by atoms with Crippen LogP contribution >= 0.6 is 0 Å². The van der Waals surface area contributed by atoms with Crippen molar-refractivity contribution >= 4 is 11.5 Å². The van der Waals surface area contributed by atoms with Gasteiger partial charge in [0.2, 0.25) is 5.82 Å². The van der Waals surface area contributed by atoms with Crippen molar-refractivity contribution in [1.82, 2.24) is 30.4 Å². The third-order valence-electron chi connectivity index (χ3n) is 7.99. The first-order valence-electron chi connectivity index (χ1n) is 14.3. The Labute approximate surface area is 235 Å². The van der Waals surface area contributed by atoms with Gasteiger partial charge in [-0.2, -0.15) is 5.21 Å². The molecule has 0 bridgehead atoms. The van der Waals surface area contributed by atoms with Gasteiger partial charge >= 0.3 is 0 Å². The molecule has 0 radical (unpaired) electrons. The molecular weight excluding hydrogens is 496 g/mol. The van der Waals surface area contributed by atoms with Crippen LogP contribution in [0, 0.1) is 5.92 Å². The van der Waals surface area contributed by atoms with E-state index in [0.29, 0.717) is 5.82 Å². The number of nitrogens with one attached hydrogen (secondary N) is 1. The van der Waals surface area contributed by atoms with Crippen molar-refractivity contribution < 1.29 is 0 Å². The number of nitrogens with zero attached hydrogens (tertiary/aromatic N) is 7. The van der Waals surface area contributed by atoms with Crippen LogP contribution in [0.25, 0.3) is 22.5 Å². The Hall–Kier alpha value is -4.46. The maximum atomic E-state index is 5.32. The van der Waals surface area contributed by atoms with Crippen LogP contribution in [0.2, 0.25) is 0 Å². The van der Waals surface area contributed by atoms with E-state index in [4.69, 9.17) is 4.99 Å². The van der Waals surface area contributed by atoms with E-state index >= 15 is 0 Å². The van der Waals surface area contributed by atoms with E-state index in [1.54, 1.807) is 0 Å². The summed E-state index contributed by atoms with van der Waals surface area (Å²) in [6.45, 7) is 5.03. The molecule has 1 aliphatic carbocycles. The van der Waals surface area contributed by atoms with Crippen molar-refractivity contribution in [3.63, 3.8) is 0 Å². The first-order valence-corrected chi connectivity index (χ1v) is 14.3. The molecule has 7 rings (SSSR count). The van der Waals surface area contributed by atoms with Gasteiger partial charge in [0.25, 0.3) is 0 Å². The second-order valence-corrected chi connectivity index (χ2v) is 11.0. The topological polar surface area (TPSA) is 76.5 Å². The molecule has 1 N–H and O–H groups in total. The molecule has 1 aromatic heterocycles. The SMILES string of the molecule is CCCC1N=C2C(=CN(CC3CC3)CN2c2ccccc2)N1Cc1ccc(-c2ccccc2-c2nn[nH]n2)cc1. The fourth-order valence-electron chi connectivity index (χ4n) is 5.78. The standard InChI is InChI=1S/C32H34N8/c1-2-8-30-33-32-29(21-38(19-23-13-14-23)22-40(32)26-9-4-3-5-10-26)39(30)20-24-15-17-25(18-16-24)27-11-6-7-12-28(27)31-34-36-37-35-31/h3-7,9-12,15-18,21,23,30H,2,8,13-14,19-20,22H2,1H3,(H,34,35,36,37). The summed E-state index contributed by atoms with van der Waals surface area (Å²) in [6.07, 6.45) is 7.32. The minimum Gasteiger partial charge on any atom is -0.357 e. The van der Waals surface area contributed by atoms with Gasteiger partial charge in [-0.25, -0.2) is 4.99 Å². The third kappa shape index (κ3) is 4.85. The maximum Gasteiger partial charge on any atom is 0.205 e. The lowest BCUT2D eigenvalue weighted by Gasteiger charge is -2.38. The Balaban J connectivity index is 1.18. The van der Waals surface area contributed by atoms with Crippen molar-refractivity contribution in [2.45, 2.75) is 45.3 Å². The first-order chi connectivity index (χ1) is 19.8. The monoisotopic (exact) mass is 530 g/mol. The maximum absolute atomic E-state index is 5.32. The molecule has 1 saturated carbocycles. The van der Waals surface area contributed by atoms with Gasteiger partial charge in [-0.3, -0.25) is 0 Å². The second kappa shape index (κ2) is 10.6. The number of amidine groups is 1. The fraction of sp³-hybridized carbons (Fsp3) is 0.312. The number of hydrogen-bond donors (Lipinski definition) is 1. The molecule has 2 aliphatic heterocycles. The fourth-order valence-corrected chi connectivity index (χ4v) is 5.78. The van der Waals surface area contributed by atoms with Gasteiger partial charge in [-0.1, -0.05) is 80.1 Å². The van der Waals surface area contributed by atoms with Crippen LogP contribution in [0.5, 0.6) is 0 Å². The average Bonchev–Trinajstić information content (AvgIpc) is 3.51. The summed E-state index contributed by atoms with van der Waals surface area (Å²) in [6, 6.07) is 27.8. The molecule has 40 heavy (non-hydrogen) atoms. The largest absolute Gasteiger partial charge is 0.357 e. The highest BCUT2D eigenvalue weighted by atomic mass is 15.5. The number of rotatable bonds is 9. The van der Waals surface area contributed by atoms with E-state index in [1.165, 1.54) is 29.8 Å². The Morgan fingerprint density at radius 1 is 0.900 bits per heavy atom. The zero-order valence-corrected chi connectivity index (χ0v) is 22.8. The number of para-hydroxylation sites is 1. The van der Waals surface area contributed by atoms with Crippen molar-refractivity contribution in [1.29, 1.82) is 0 Å². The highest BCUT2D eigenvalue weighted by Gasteiger charge is 2.38. The number of H-pyrrole nitrogens is 1. The molecular formula is C32H34N8. The van der Waals surface area contributed by atoms with Crippen LogP contribution < -0.4 is 4.90 Å². The summed E-state index contributed by atoms with van der Waals surface area (Å²) in [5, 5.41) is 14.7. The van der Waals surface area contributed by atoms with Gasteiger partial charge in [-0.15, -0.1) is 10.2 Å². The molecule has 202 valence electrons. The Morgan fingerprint density at radius 3 is 2.40 bits per heavy atom. The molecule has 3 aliphatic rings. The second-order valence-electron chi connectivity index (χ2n) is 11.0. The van der Waals surface area contributed by atoms with Crippen LogP contribution in [-0.4, -0.2) is 55.6 Å². The third-order valence-corrected chi connectivity index (χ3v) is 7.99. The van der Waals surface area contributed by atoms with E-state index in [9.17, 15) is 0 Å². The van der Waals surface area contributed by atoms with Crippen LogP contribution in [-0.2, 0) is 6.54 Å². The van der Waals surface area contributed by atoms with Crippen LogP contribution in [0.15, 0.2) is 95.8 Å². The van der Waals surface area contributed by atoms with E-state index in [2.05, 4.69) is 109 Å². The zero-order chi connectivity index (χ0) is 26.9. The predicted octanol–water partition coefficient (Wildman–Crippen LogP) is 5.91. The van der Waals surface area contributed by atoms with Gasteiger partial charge in [0.15, 0.2) is 5.84 Å². The number of fused-ring (bicyclic) bond motifs is 1. The molecule has 8 heteroatoms. The smallest absolute Gasteiger partial charge is 0.205 e. The Kier molecular flexibility index (Phi) is 6.51. The van der Waals surface area contributed by atoms with Gasteiger partial charge in [0, 0.05) is 30.5 Å². The highest BCUT2D eigenvalue weighted by Crippen LogP contribution is 2.36. The van der Waals surface area contributed by atoms with Gasteiger partial charge in [0.05, 0.1) is 12.4 Å². The van der Waals surface area contributed by atoms with Crippen molar-refractivity contribution in [2.75, 3.05) is 18.1 Å². The predicted molar refractivity (Wildman–Crippen MR) is 158 cm³/mol. The van der Waals surface area contributed by atoms with Crippen LogP contribution in [0.4, 0.5) is 5.69 Å². The molecule has 4 aromatic rings. The van der Waals surface area contributed by atoms with E-state index < -0.39 is 0 Å². The number of aromatic nitrogens is 4. The Morgan fingerprint density at radius 2 is 1.68 bits per heavy atom. The molecule has 1 atom stereocenters. The number of benzene rings is 3. The van der Waals surface area contributed by atoms with E-state index in [-0.39, 0.29) is 6.17 Å². The van der Waals surface area contributed by atoms with Gasteiger partial charge in [0.1, 0.15) is 6.17 Å². The first kappa shape index (κ1) is 24.6. The summed E-state index contributed by atoms with van der Waals surface area (Å²) >= 11 is 0. The number of tetrazole rings is 1. The average molecular weight is 531 g/mol. The highest BCUT2D eigenvalue weighted by molar-refractivity contribution is 6.11. The van der Waals surface area contributed by atoms with Crippen LogP contribution in [0.3, 0.4) is 0 Å². The Bertz CT molecular complexity index is 1510. The summed E-state index contributed by atoms with van der Waals surface area (Å²) < 4.78 is 0. The molecule has 1 fully saturated rings. The quantitative estimate of drug-likeness (QED) is 0.290. The van der Waals surface area contributed by atoms with Crippen LogP contribution in [0.1, 0.15) is 38.2 Å². The molecule has 0 spiro atoms. The number of anilines is 1. The lowest BCUT2D eigenvalue weighted by molar-refractivity contribution is 0.255. The number of hydrogen-bond acceptors (Lipinski definition) is 7. The molecule has 0 saturated heterocycles. The van der Waals surface area contributed by atoms with E-state index in [0.717, 1.165) is 61.0 Å². The summed E-state index contributed by atoms with van der Waals surface area (Å²) in [4.78, 5) is 12.7. The minimum atomic E-state index is 0.136. The zero-order valence-electron chi connectivity index (χ0n) is 22.8. The van der Waals surface area contributed by atoms with Crippen molar-refractivity contribution in [3.8, 4) is 22.5 Å².